The molecule has 0 spiro atoms. The first kappa shape index (κ1) is 46.8. The van der Waals surface area contributed by atoms with E-state index in [1.54, 1.807) is 6.92 Å². The average molecular weight is 677 g/mol. The lowest BCUT2D eigenvalue weighted by Crippen LogP contribution is -2.43. The van der Waals surface area contributed by atoms with Crippen LogP contribution in [0.15, 0.2) is 12.2 Å². The van der Waals surface area contributed by atoms with Crippen molar-refractivity contribution in [2.75, 3.05) is 0 Å². The van der Waals surface area contributed by atoms with Crippen molar-refractivity contribution in [2.24, 2.45) is 29.1 Å². The second-order valence-corrected chi connectivity index (χ2v) is 15.7. The highest BCUT2D eigenvalue weighted by atomic mass is 16.4. The maximum Gasteiger partial charge on any atom is 0.309 e. The zero-order valence-electron chi connectivity index (χ0n) is 33.3. The van der Waals surface area contributed by atoms with Gasteiger partial charge in [-0.1, -0.05) is 163 Å². The fraction of sp³-hybridized carbons (Fsp3) is 0.909. The molecule has 0 amide bonds. The molecule has 0 saturated carbocycles. The molecule has 5 atom stereocenters. The van der Waals surface area contributed by atoms with Gasteiger partial charge in [-0.15, -0.1) is 0 Å². The molecule has 2 N–H and O–H groups in total. The van der Waals surface area contributed by atoms with Crippen molar-refractivity contribution in [2.45, 2.75) is 228 Å². The summed E-state index contributed by atoms with van der Waals surface area (Å²) in [5.74, 6) is 1.63. The van der Waals surface area contributed by atoms with Gasteiger partial charge in [0, 0.05) is 6.42 Å². The minimum absolute atomic E-state index is 0.247. The number of hydrogen-bond donors (Lipinski definition) is 2. The van der Waals surface area contributed by atoms with Crippen LogP contribution in [0.1, 0.15) is 222 Å². The van der Waals surface area contributed by atoms with Crippen molar-refractivity contribution in [1.82, 2.24) is 0 Å². The van der Waals surface area contributed by atoms with E-state index in [0.717, 1.165) is 122 Å². The molecule has 0 bridgehead atoms. The van der Waals surface area contributed by atoms with E-state index in [1.807, 2.05) is 0 Å². The topological polar surface area (TPSA) is 74.6 Å². The van der Waals surface area contributed by atoms with Crippen LogP contribution >= 0.6 is 0 Å². The molecule has 0 saturated heterocycles. The molecule has 48 heavy (non-hydrogen) atoms. The molecule has 0 aliphatic rings. The van der Waals surface area contributed by atoms with E-state index in [1.165, 1.54) is 44.9 Å². The van der Waals surface area contributed by atoms with Crippen molar-refractivity contribution in [3.8, 4) is 0 Å². The highest BCUT2D eigenvalue weighted by Gasteiger charge is 2.47. The Hall–Kier alpha value is -1.16. The number of allylic oxidation sites excluding steroid dienone is 1. The predicted octanol–water partition coefficient (Wildman–Crippen LogP) is 13.7. The Kier molecular flexibility index (Phi) is 29.9. The summed E-state index contributed by atoms with van der Waals surface area (Å²) in [7, 11) is 0. The number of aliphatic hydroxyl groups is 1. The van der Waals surface area contributed by atoms with Crippen molar-refractivity contribution in [3.63, 3.8) is 0 Å². The van der Waals surface area contributed by atoms with Gasteiger partial charge >= 0.3 is 5.97 Å². The number of carbonyl (C=O) groups excluding carboxylic acids is 1. The third kappa shape index (κ3) is 21.8. The van der Waals surface area contributed by atoms with Crippen LogP contribution in [-0.2, 0) is 9.59 Å². The molecule has 4 unspecified atom stereocenters. The molecule has 0 fully saturated rings. The highest BCUT2D eigenvalue weighted by molar-refractivity contribution is 5.75. The maximum absolute atomic E-state index is 13.8. The number of aliphatic hydroxyl groups excluding tert-OH is 1. The number of unbranched alkanes of at least 4 members (excludes halogenated alkanes) is 9. The van der Waals surface area contributed by atoms with Gasteiger partial charge in [-0.2, -0.15) is 0 Å². The minimum Gasteiger partial charge on any atom is -0.481 e. The standard InChI is InChI=1S/C44H84O4/c1-8-14-28-38(11-4)34-41(31-24-19-17-18-20-25-32-42(46)33-26-22-21-23-27-37(7)45)44(43(47)48,35-39(12-5)29-15-9-2)36-40(13-6)30-16-10-3/h20,25,38-42,46H,8-19,21-24,26-36H2,1-7H3,(H,47,48)/b25-20-/t38?,39?,40?,41?,42-,44?/m0/s1. The molecule has 0 aliphatic heterocycles. The van der Waals surface area contributed by atoms with E-state index >= 15 is 0 Å². The van der Waals surface area contributed by atoms with Gasteiger partial charge in [0.05, 0.1) is 11.5 Å². The Morgan fingerprint density at radius 3 is 1.60 bits per heavy atom. The summed E-state index contributed by atoms with van der Waals surface area (Å²) in [6.45, 7) is 15.4. The van der Waals surface area contributed by atoms with Crippen LogP contribution in [0.2, 0.25) is 0 Å². The van der Waals surface area contributed by atoms with Crippen LogP contribution in [0.5, 0.6) is 0 Å². The smallest absolute Gasteiger partial charge is 0.309 e. The van der Waals surface area contributed by atoms with Gasteiger partial charge in [0.15, 0.2) is 0 Å². The quantitative estimate of drug-likeness (QED) is 0.0517. The Labute approximate surface area is 300 Å². The molecule has 4 heteroatoms. The number of Topliss-reactive ketones (excluding diaryl/α,β-unsaturated/α-hetero) is 1. The first-order chi connectivity index (χ1) is 23.1. The zero-order chi connectivity index (χ0) is 36.0. The molecular weight excluding hydrogens is 592 g/mol. The fourth-order valence-corrected chi connectivity index (χ4v) is 8.11. The van der Waals surface area contributed by atoms with Gasteiger partial charge < -0.3 is 15.0 Å². The van der Waals surface area contributed by atoms with Gasteiger partial charge in [-0.3, -0.25) is 4.79 Å². The SMILES string of the molecule is CCCCC(CC)CC(CCCCC/C=C\C[C@H](O)CCCCCCC(C)=O)C(CC(CC)CCCC)(CC(CC)CCCC)C(=O)O. The van der Waals surface area contributed by atoms with Crippen LogP contribution in [0, 0.1) is 29.1 Å². The molecule has 0 aromatic rings. The van der Waals surface area contributed by atoms with Crippen LogP contribution in [0.4, 0.5) is 0 Å². The molecule has 0 aliphatic carbocycles. The lowest BCUT2D eigenvalue weighted by Gasteiger charge is -2.43. The molecule has 0 aromatic heterocycles. The van der Waals surface area contributed by atoms with Crippen molar-refractivity contribution in [1.29, 1.82) is 0 Å². The minimum atomic E-state index is -0.619. The van der Waals surface area contributed by atoms with Crippen LogP contribution < -0.4 is 0 Å². The molecule has 0 rings (SSSR count). The summed E-state index contributed by atoms with van der Waals surface area (Å²) >= 11 is 0. The van der Waals surface area contributed by atoms with E-state index in [9.17, 15) is 19.8 Å². The number of carboxylic acid groups (broad SMARTS) is 1. The van der Waals surface area contributed by atoms with Gasteiger partial charge in [0.2, 0.25) is 0 Å². The highest BCUT2D eigenvalue weighted by Crippen LogP contribution is 2.49. The average Bonchev–Trinajstić information content (AvgIpc) is 3.07. The molecular formula is C44H84O4. The van der Waals surface area contributed by atoms with E-state index < -0.39 is 11.4 Å². The van der Waals surface area contributed by atoms with E-state index in [2.05, 4.69) is 53.7 Å². The molecule has 4 nitrogen and oxygen atoms in total. The first-order valence-corrected chi connectivity index (χ1v) is 21.2. The molecule has 0 heterocycles. The second-order valence-electron chi connectivity index (χ2n) is 15.7. The van der Waals surface area contributed by atoms with E-state index in [0.29, 0.717) is 24.2 Å². The van der Waals surface area contributed by atoms with Gasteiger partial charge in [-0.25, -0.2) is 0 Å². The summed E-state index contributed by atoms with van der Waals surface area (Å²) in [5, 5.41) is 21.7. The van der Waals surface area contributed by atoms with Crippen molar-refractivity contribution in [3.05, 3.63) is 12.2 Å². The summed E-state index contributed by atoms with van der Waals surface area (Å²) in [4.78, 5) is 24.8. The lowest BCUT2D eigenvalue weighted by molar-refractivity contribution is -0.157. The number of ketones is 1. The molecule has 0 aromatic carbocycles. The Bertz CT molecular complexity index is 771. The molecule has 284 valence electrons. The number of carbonyl (C=O) groups is 2. The first-order valence-electron chi connectivity index (χ1n) is 21.2. The zero-order valence-corrected chi connectivity index (χ0v) is 33.3. The normalized spacial score (nSPS) is 16.4. The Balaban J connectivity index is 5.58. The van der Waals surface area contributed by atoms with Crippen LogP contribution in [-0.4, -0.2) is 28.1 Å². The van der Waals surface area contributed by atoms with Gasteiger partial charge in [-0.05, 0) is 88.4 Å². The number of aliphatic carboxylic acids is 1. The monoisotopic (exact) mass is 677 g/mol. The second kappa shape index (κ2) is 30.6. The number of hydrogen-bond acceptors (Lipinski definition) is 3. The van der Waals surface area contributed by atoms with Gasteiger partial charge in [0.25, 0.3) is 0 Å². The summed E-state index contributed by atoms with van der Waals surface area (Å²) in [6, 6.07) is 0. The summed E-state index contributed by atoms with van der Waals surface area (Å²) < 4.78 is 0. The number of carboxylic acids is 1. The van der Waals surface area contributed by atoms with Crippen LogP contribution in [0.3, 0.4) is 0 Å². The summed E-state index contributed by atoms with van der Waals surface area (Å²) in [6.07, 6.45) is 32.9. The maximum atomic E-state index is 13.8. The van der Waals surface area contributed by atoms with E-state index in [4.69, 9.17) is 0 Å². The molecule has 0 radical (unpaired) electrons. The Morgan fingerprint density at radius 1 is 0.604 bits per heavy atom. The third-order valence-electron chi connectivity index (χ3n) is 11.6. The fourth-order valence-electron chi connectivity index (χ4n) is 8.11. The summed E-state index contributed by atoms with van der Waals surface area (Å²) in [5.41, 5.74) is -0.619. The number of rotatable bonds is 35. The largest absolute Gasteiger partial charge is 0.481 e. The van der Waals surface area contributed by atoms with Gasteiger partial charge in [0.1, 0.15) is 5.78 Å². The lowest BCUT2D eigenvalue weighted by atomic mass is 9.60. The predicted molar refractivity (Wildman–Crippen MR) is 209 cm³/mol. The van der Waals surface area contributed by atoms with Crippen LogP contribution in [0.25, 0.3) is 0 Å². The van der Waals surface area contributed by atoms with E-state index in [-0.39, 0.29) is 17.8 Å². The van der Waals surface area contributed by atoms with Crippen molar-refractivity contribution >= 4 is 11.8 Å². The Morgan fingerprint density at radius 2 is 1.10 bits per heavy atom. The van der Waals surface area contributed by atoms with Crippen molar-refractivity contribution < 1.29 is 19.8 Å². The third-order valence-corrected chi connectivity index (χ3v) is 11.6.